The predicted octanol–water partition coefficient (Wildman–Crippen LogP) is 0.650. The lowest BCUT2D eigenvalue weighted by Gasteiger charge is -2.03. The summed E-state index contributed by atoms with van der Waals surface area (Å²) < 4.78 is 6.92. The van der Waals surface area contributed by atoms with Crippen LogP contribution in [0.2, 0.25) is 0 Å². The summed E-state index contributed by atoms with van der Waals surface area (Å²) >= 11 is 1.32. The SMILES string of the molecule is Cc1nn(C)c2sc(C(=O)OCc3nc(N)nc(N)n3)cc12. The van der Waals surface area contributed by atoms with Crippen molar-refractivity contribution in [3.8, 4) is 0 Å². The number of ether oxygens (including phenoxy) is 1. The minimum Gasteiger partial charge on any atom is -0.453 e. The third kappa shape index (κ3) is 2.55. The molecule has 0 aliphatic heterocycles. The molecule has 0 saturated heterocycles. The summed E-state index contributed by atoms with van der Waals surface area (Å²) in [6, 6.07) is 1.76. The second-order valence-corrected chi connectivity index (χ2v) is 5.61. The number of carbonyl (C=O) groups excluding carboxylic acids is 1. The van der Waals surface area contributed by atoms with Gasteiger partial charge in [0.1, 0.15) is 9.71 Å². The number of rotatable bonds is 3. The third-order valence-corrected chi connectivity index (χ3v) is 4.13. The molecule has 0 aliphatic carbocycles. The van der Waals surface area contributed by atoms with Crippen LogP contribution in [-0.4, -0.2) is 30.7 Å². The van der Waals surface area contributed by atoms with Crippen LogP contribution in [0.3, 0.4) is 0 Å². The molecule has 0 amide bonds. The fourth-order valence-corrected chi connectivity index (χ4v) is 3.05. The molecule has 0 aliphatic rings. The van der Waals surface area contributed by atoms with Crippen LogP contribution in [0.1, 0.15) is 21.2 Å². The second-order valence-electron chi connectivity index (χ2n) is 4.58. The van der Waals surface area contributed by atoms with E-state index in [9.17, 15) is 4.79 Å². The fraction of sp³-hybridized carbons (Fsp3) is 0.250. The number of nitrogen functional groups attached to an aromatic ring is 2. The van der Waals surface area contributed by atoms with E-state index in [-0.39, 0.29) is 24.3 Å². The number of anilines is 2. The van der Waals surface area contributed by atoms with E-state index in [1.165, 1.54) is 11.3 Å². The summed E-state index contributed by atoms with van der Waals surface area (Å²) in [6.45, 7) is 1.77. The van der Waals surface area contributed by atoms with Crippen LogP contribution in [0, 0.1) is 6.92 Å². The number of aromatic nitrogens is 5. The number of fused-ring (bicyclic) bond motifs is 1. The number of thiophene rings is 1. The highest BCUT2D eigenvalue weighted by Gasteiger charge is 2.16. The maximum absolute atomic E-state index is 12.1. The van der Waals surface area contributed by atoms with Gasteiger partial charge in [-0.3, -0.25) is 4.68 Å². The van der Waals surface area contributed by atoms with Gasteiger partial charge in [0.15, 0.2) is 12.4 Å². The molecule has 114 valence electrons. The summed E-state index contributed by atoms with van der Waals surface area (Å²) in [5, 5.41) is 5.22. The average Bonchev–Trinajstić information content (AvgIpc) is 2.98. The van der Waals surface area contributed by atoms with Crippen LogP contribution >= 0.6 is 11.3 Å². The number of esters is 1. The first-order chi connectivity index (χ1) is 10.4. The lowest BCUT2D eigenvalue weighted by atomic mass is 10.3. The van der Waals surface area contributed by atoms with Crippen molar-refractivity contribution in [3.05, 3.63) is 22.5 Å². The quantitative estimate of drug-likeness (QED) is 0.672. The Morgan fingerprint density at radius 3 is 2.64 bits per heavy atom. The first-order valence-corrected chi connectivity index (χ1v) is 7.12. The van der Waals surface area contributed by atoms with E-state index in [1.54, 1.807) is 10.7 Å². The summed E-state index contributed by atoms with van der Waals surface area (Å²) in [5.74, 6) is -0.278. The molecule has 0 spiro atoms. The van der Waals surface area contributed by atoms with Crippen LogP contribution in [0.4, 0.5) is 11.9 Å². The molecule has 3 aromatic heterocycles. The van der Waals surface area contributed by atoms with Gasteiger partial charge < -0.3 is 16.2 Å². The Kier molecular flexibility index (Phi) is 3.37. The Bertz CT molecular complexity index is 815. The number of hydrogen-bond donors (Lipinski definition) is 2. The number of nitrogens with two attached hydrogens (primary N) is 2. The molecule has 3 aromatic rings. The molecule has 4 N–H and O–H groups in total. The molecular weight excluding hydrogens is 306 g/mol. The Labute approximate surface area is 128 Å². The van der Waals surface area contributed by atoms with Crippen molar-refractivity contribution in [1.29, 1.82) is 0 Å². The summed E-state index contributed by atoms with van der Waals surface area (Å²) in [4.78, 5) is 24.8. The van der Waals surface area contributed by atoms with Crippen molar-refractivity contribution in [2.45, 2.75) is 13.5 Å². The first kappa shape index (κ1) is 14.2. The van der Waals surface area contributed by atoms with Crippen molar-refractivity contribution in [3.63, 3.8) is 0 Å². The normalized spacial score (nSPS) is 11.0. The molecule has 10 heteroatoms. The van der Waals surface area contributed by atoms with Crippen LogP contribution in [0.5, 0.6) is 0 Å². The Morgan fingerprint density at radius 2 is 2.00 bits per heavy atom. The number of aryl methyl sites for hydroxylation is 2. The van der Waals surface area contributed by atoms with Gasteiger partial charge in [0, 0.05) is 12.4 Å². The molecular formula is C12H13N7O2S. The second kappa shape index (κ2) is 5.22. The largest absolute Gasteiger partial charge is 0.453 e. The van der Waals surface area contributed by atoms with Crippen LogP contribution < -0.4 is 11.5 Å². The average molecular weight is 319 g/mol. The van der Waals surface area contributed by atoms with E-state index >= 15 is 0 Å². The molecule has 0 saturated carbocycles. The maximum atomic E-state index is 12.1. The van der Waals surface area contributed by atoms with Crippen LogP contribution in [-0.2, 0) is 18.4 Å². The molecule has 0 bridgehead atoms. The lowest BCUT2D eigenvalue weighted by Crippen LogP contribution is -2.10. The van der Waals surface area contributed by atoms with Gasteiger partial charge in [-0.25, -0.2) is 4.79 Å². The Hall–Kier alpha value is -2.75. The van der Waals surface area contributed by atoms with Crippen molar-refractivity contribution in [2.24, 2.45) is 7.05 Å². The van der Waals surface area contributed by atoms with E-state index in [0.29, 0.717) is 4.88 Å². The van der Waals surface area contributed by atoms with Gasteiger partial charge in [-0.05, 0) is 13.0 Å². The number of carbonyl (C=O) groups is 1. The third-order valence-electron chi connectivity index (χ3n) is 2.95. The monoisotopic (exact) mass is 319 g/mol. The fourth-order valence-electron chi connectivity index (χ4n) is 2.03. The van der Waals surface area contributed by atoms with E-state index in [0.717, 1.165) is 15.9 Å². The van der Waals surface area contributed by atoms with E-state index in [2.05, 4.69) is 20.1 Å². The van der Waals surface area contributed by atoms with Gasteiger partial charge in [0.25, 0.3) is 0 Å². The minimum absolute atomic E-state index is 0.0119. The molecule has 0 unspecified atom stereocenters. The van der Waals surface area contributed by atoms with Gasteiger partial charge >= 0.3 is 5.97 Å². The number of nitrogens with zero attached hydrogens (tertiary/aromatic N) is 5. The molecule has 22 heavy (non-hydrogen) atoms. The molecule has 3 rings (SSSR count). The summed E-state index contributed by atoms with van der Waals surface area (Å²) in [7, 11) is 1.83. The van der Waals surface area contributed by atoms with E-state index in [1.807, 2.05) is 14.0 Å². The van der Waals surface area contributed by atoms with E-state index in [4.69, 9.17) is 16.2 Å². The van der Waals surface area contributed by atoms with Gasteiger partial charge in [-0.15, -0.1) is 11.3 Å². The highest BCUT2D eigenvalue weighted by Crippen LogP contribution is 2.28. The Balaban J connectivity index is 1.77. The van der Waals surface area contributed by atoms with Gasteiger partial charge in [0.05, 0.1) is 5.69 Å². The number of hydrogen-bond acceptors (Lipinski definition) is 9. The minimum atomic E-state index is -0.460. The highest BCUT2D eigenvalue weighted by atomic mass is 32.1. The van der Waals surface area contributed by atoms with Crippen molar-refractivity contribution in [1.82, 2.24) is 24.7 Å². The van der Waals surface area contributed by atoms with Crippen LogP contribution in [0.15, 0.2) is 6.07 Å². The van der Waals surface area contributed by atoms with Crippen molar-refractivity contribution in [2.75, 3.05) is 11.5 Å². The lowest BCUT2D eigenvalue weighted by molar-refractivity contribution is 0.0468. The first-order valence-electron chi connectivity index (χ1n) is 6.30. The Morgan fingerprint density at radius 1 is 1.32 bits per heavy atom. The van der Waals surface area contributed by atoms with Gasteiger partial charge in [-0.1, -0.05) is 0 Å². The predicted molar refractivity (Wildman–Crippen MR) is 81.1 cm³/mol. The summed E-state index contributed by atoms with van der Waals surface area (Å²) in [6.07, 6.45) is 0. The molecule has 0 atom stereocenters. The molecule has 0 radical (unpaired) electrons. The maximum Gasteiger partial charge on any atom is 0.348 e. The molecule has 3 heterocycles. The summed E-state index contributed by atoms with van der Waals surface area (Å²) in [5.41, 5.74) is 11.8. The zero-order valence-electron chi connectivity index (χ0n) is 11.9. The van der Waals surface area contributed by atoms with Crippen molar-refractivity contribution >= 4 is 39.4 Å². The topological polar surface area (TPSA) is 135 Å². The zero-order chi connectivity index (χ0) is 15.9. The smallest absolute Gasteiger partial charge is 0.348 e. The van der Waals surface area contributed by atoms with E-state index < -0.39 is 5.97 Å². The van der Waals surface area contributed by atoms with Crippen LogP contribution in [0.25, 0.3) is 10.2 Å². The zero-order valence-corrected chi connectivity index (χ0v) is 12.7. The van der Waals surface area contributed by atoms with Gasteiger partial charge in [-0.2, -0.15) is 20.1 Å². The van der Waals surface area contributed by atoms with Crippen molar-refractivity contribution < 1.29 is 9.53 Å². The standard InChI is InChI=1S/C12H13N7O2S/c1-5-6-3-7(22-9(6)19(2)18-5)10(20)21-4-8-15-11(13)17-12(14)16-8/h3H,4H2,1-2H3,(H4,13,14,15,16,17). The molecule has 9 nitrogen and oxygen atoms in total. The van der Waals surface area contributed by atoms with Gasteiger partial charge in [0.2, 0.25) is 11.9 Å². The highest BCUT2D eigenvalue weighted by molar-refractivity contribution is 7.20. The molecule has 0 aromatic carbocycles. The molecule has 0 fully saturated rings.